The molecule has 0 aromatic heterocycles. The van der Waals surface area contributed by atoms with E-state index in [0.717, 1.165) is 0 Å². The Morgan fingerprint density at radius 2 is 2.50 bits per heavy atom. The van der Waals surface area contributed by atoms with Gasteiger partial charge in [-0.3, -0.25) is 4.79 Å². The lowest BCUT2D eigenvalue weighted by Gasteiger charge is -2.36. The molecule has 0 radical (unpaired) electrons. The summed E-state index contributed by atoms with van der Waals surface area (Å²) in [6, 6.07) is -0.767. The standard InChI is InChI=1S/C8H10ClNO3S/c1-8(3-9)6(7(12)13)10-4(11)2-5(10)14-8/h5-6H,2-3H2,1H3,(H,12,13)/t5?,6?,8-/m0/s1. The average molecular weight is 236 g/mol. The second-order valence-electron chi connectivity index (χ2n) is 3.76. The summed E-state index contributed by atoms with van der Waals surface area (Å²) in [6.45, 7) is 1.80. The SMILES string of the molecule is C[C@@]1(CCl)SC2CC(=O)N2C1C(=O)O. The molecule has 0 aromatic rings. The Balaban J connectivity index is 2.31. The molecule has 2 fully saturated rings. The number of nitrogens with zero attached hydrogens (tertiary/aromatic N) is 1. The van der Waals surface area contributed by atoms with Crippen LogP contribution in [0.2, 0.25) is 0 Å². The lowest BCUT2D eigenvalue weighted by Crippen LogP contribution is -2.57. The van der Waals surface area contributed by atoms with Gasteiger partial charge in [-0.05, 0) is 6.92 Å². The number of carboxylic acid groups (broad SMARTS) is 1. The normalized spacial score (nSPS) is 40.7. The van der Waals surface area contributed by atoms with E-state index < -0.39 is 16.8 Å². The van der Waals surface area contributed by atoms with Crippen molar-refractivity contribution in [2.45, 2.75) is 29.5 Å². The van der Waals surface area contributed by atoms with Crippen molar-refractivity contribution in [3.63, 3.8) is 0 Å². The van der Waals surface area contributed by atoms with E-state index in [1.54, 1.807) is 6.92 Å². The molecule has 2 unspecified atom stereocenters. The van der Waals surface area contributed by atoms with Gasteiger partial charge in [-0.15, -0.1) is 23.4 Å². The predicted molar refractivity (Wildman–Crippen MR) is 53.4 cm³/mol. The number of carboxylic acids is 1. The lowest BCUT2D eigenvalue weighted by molar-refractivity contribution is -0.157. The van der Waals surface area contributed by atoms with Crippen LogP contribution in [-0.2, 0) is 9.59 Å². The van der Waals surface area contributed by atoms with Crippen LogP contribution < -0.4 is 0 Å². The van der Waals surface area contributed by atoms with Gasteiger partial charge in [-0.25, -0.2) is 4.79 Å². The molecule has 2 heterocycles. The first-order valence-electron chi connectivity index (χ1n) is 4.27. The second-order valence-corrected chi connectivity index (χ2v) is 5.74. The molecule has 0 saturated carbocycles. The third-order valence-electron chi connectivity index (χ3n) is 2.71. The Labute approximate surface area is 90.6 Å². The Morgan fingerprint density at radius 1 is 1.86 bits per heavy atom. The van der Waals surface area contributed by atoms with Crippen molar-refractivity contribution in [2.24, 2.45) is 0 Å². The minimum absolute atomic E-state index is 0.0207. The van der Waals surface area contributed by atoms with Crippen molar-refractivity contribution in [3.05, 3.63) is 0 Å². The second kappa shape index (κ2) is 3.03. The fourth-order valence-electron chi connectivity index (χ4n) is 1.96. The molecule has 0 aromatic carbocycles. The van der Waals surface area contributed by atoms with Crippen LogP contribution >= 0.6 is 23.4 Å². The van der Waals surface area contributed by atoms with Crippen molar-refractivity contribution in [3.8, 4) is 0 Å². The average Bonchev–Trinajstić information content (AvgIpc) is 2.35. The first-order valence-corrected chi connectivity index (χ1v) is 5.69. The first kappa shape index (κ1) is 10.1. The first-order chi connectivity index (χ1) is 6.49. The molecule has 2 saturated heterocycles. The van der Waals surface area contributed by atoms with Gasteiger partial charge in [0.15, 0.2) is 0 Å². The maximum Gasteiger partial charge on any atom is 0.327 e. The number of thioether (sulfide) groups is 1. The molecule has 2 rings (SSSR count). The number of carbonyl (C=O) groups excluding carboxylic acids is 1. The number of rotatable bonds is 2. The molecular weight excluding hydrogens is 226 g/mol. The van der Waals surface area contributed by atoms with Crippen LogP contribution in [0.25, 0.3) is 0 Å². The van der Waals surface area contributed by atoms with Gasteiger partial charge >= 0.3 is 5.97 Å². The summed E-state index contributed by atoms with van der Waals surface area (Å²) in [5.74, 6) is -0.797. The molecule has 4 nitrogen and oxygen atoms in total. The topological polar surface area (TPSA) is 57.6 Å². The molecule has 1 N–H and O–H groups in total. The third-order valence-corrected chi connectivity index (χ3v) is 4.99. The van der Waals surface area contributed by atoms with E-state index in [1.807, 2.05) is 0 Å². The minimum Gasteiger partial charge on any atom is -0.480 e. The van der Waals surface area contributed by atoms with Gasteiger partial charge in [0.1, 0.15) is 6.04 Å². The minimum atomic E-state index is -0.962. The van der Waals surface area contributed by atoms with Crippen LogP contribution in [0.4, 0.5) is 0 Å². The quantitative estimate of drug-likeness (QED) is 0.567. The summed E-state index contributed by atoms with van der Waals surface area (Å²) in [6.07, 6.45) is 0.445. The molecule has 2 aliphatic heterocycles. The van der Waals surface area contributed by atoms with E-state index in [0.29, 0.717) is 6.42 Å². The zero-order valence-corrected chi connectivity index (χ0v) is 9.14. The van der Waals surface area contributed by atoms with Crippen molar-refractivity contribution in [1.29, 1.82) is 0 Å². The molecule has 1 amide bonds. The van der Waals surface area contributed by atoms with Crippen molar-refractivity contribution in [2.75, 3.05) is 5.88 Å². The summed E-state index contributed by atoms with van der Waals surface area (Å²) >= 11 is 7.27. The Morgan fingerprint density at radius 3 is 2.93 bits per heavy atom. The van der Waals surface area contributed by atoms with Crippen LogP contribution in [0.1, 0.15) is 13.3 Å². The van der Waals surface area contributed by atoms with Gasteiger partial charge in [0.25, 0.3) is 0 Å². The Kier molecular flexibility index (Phi) is 2.19. The van der Waals surface area contributed by atoms with Gasteiger partial charge in [-0.1, -0.05) is 0 Å². The number of carbonyl (C=O) groups is 2. The number of amides is 1. The molecule has 14 heavy (non-hydrogen) atoms. The van der Waals surface area contributed by atoms with Gasteiger partial charge < -0.3 is 10.0 Å². The number of alkyl halides is 1. The smallest absolute Gasteiger partial charge is 0.327 e. The summed E-state index contributed by atoms with van der Waals surface area (Å²) in [5, 5.41) is 9.07. The van der Waals surface area contributed by atoms with Crippen LogP contribution in [0.5, 0.6) is 0 Å². The largest absolute Gasteiger partial charge is 0.480 e. The number of β-lactam (4-membered cyclic amide) rings is 1. The highest BCUT2D eigenvalue weighted by Crippen LogP contribution is 2.51. The summed E-state index contributed by atoms with van der Waals surface area (Å²) < 4.78 is -0.551. The van der Waals surface area contributed by atoms with Crippen LogP contribution in [-0.4, -0.2) is 43.9 Å². The molecule has 0 spiro atoms. The highest BCUT2D eigenvalue weighted by molar-refractivity contribution is 8.01. The van der Waals surface area contributed by atoms with Gasteiger partial charge in [0.2, 0.25) is 5.91 Å². The van der Waals surface area contributed by atoms with Gasteiger partial charge in [-0.2, -0.15) is 0 Å². The number of hydrogen-bond acceptors (Lipinski definition) is 3. The summed E-state index contributed by atoms with van der Waals surface area (Å²) in [5.41, 5.74) is 0. The Hall–Kier alpha value is -0.420. The van der Waals surface area contributed by atoms with Crippen molar-refractivity contribution >= 4 is 35.2 Å². The zero-order chi connectivity index (χ0) is 10.5. The summed E-state index contributed by atoms with van der Waals surface area (Å²) in [4.78, 5) is 23.7. The number of halogens is 1. The van der Waals surface area contributed by atoms with E-state index >= 15 is 0 Å². The van der Waals surface area contributed by atoms with Crippen LogP contribution in [0.3, 0.4) is 0 Å². The molecular formula is C8H10ClNO3S. The lowest BCUT2D eigenvalue weighted by atomic mass is 9.98. The highest BCUT2D eigenvalue weighted by Gasteiger charge is 2.60. The van der Waals surface area contributed by atoms with Gasteiger partial charge in [0.05, 0.1) is 16.5 Å². The molecule has 0 bridgehead atoms. The fourth-order valence-corrected chi connectivity index (χ4v) is 3.91. The zero-order valence-electron chi connectivity index (χ0n) is 7.57. The van der Waals surface area contributed by atoms with E-state index in [1.165, 1.54) is 16.7 Å². The van der Waals surface area contributed by atoms with E-state index in [-0.39, 0.29) is 17.2 Å². The van der Waals surface area contributed by atoms with E-state index in [4.69, 9.17) is 16.7 Å². The Bertz CT molecular complexity index is 311. The maximum absolute atomic E-state index is 11.2. The molecule has 78 valence electrons. The maximum atomic E-state index is 11.2. The molecule has 6 heteroatoms. The predicted octanol–water partition coefficient (Wildman–Crippen LogP) is 0.742. The van der Waals surface area contributed by atoms with Crippen molar-refractivity contribution in [1.82, 2.24) is 4.90 Å². The molecule has 3 atom stereocenters. The monoisotopic (exact) mass is 235 g/mol. The molecule has 0 aliphatic carbocycles. The fraction of sp³-hybridized carbons (Fsp3) is 0.750. The van der Waals surface area contributed by atoms with E-state index in [2.05, 4.69) is 0 Å². The van der Waals surface area contributed by atoms with Crippen LogP contribution in [0, 0.1) is 0 Å². The highest BCUT2D eigenvalue weighted by atomic mass is 35.5. The third kappa shape index (κ3) is 1.15. The number of fused-ring (bicyclic) bond motifs is 1. The van der Waals surface area contributed by atoms with Crippen LogP contribution in [0.15, 0.2) is 0 Å². The van der Waals surface area contributed by atoms with Crippen molar-refractivity contribution < 1.29 is 14.7 Å². The number of aliphatic carboxylic acids is 1. The van der Waals surface area contributed by atoms with Gasteiger partial charge in [0, 0.05) is 5.88 Å². The van der Waals surface area contributed by atoms with E-state index in [9.17, 15) is 9.59 Å². The molecule has 2 aliphatic rings. The summed E-state index contributed by atoms with van der Waals surface area (Å²) in [7, 11) is 0. The number of hydrogen-bond donors (Lipinski definition) is 1.